The lowest BCUT2D eigenvalue weighted by atomic mass is 9.76. The molecule has 4 aromatic carbocycles. The lowest BCUT2D eigenvalue weighted by molar-refractivity contribution is -0.384. The summed E-state index contributed by atoms with van der Waals surface area (Å²) in [6.45, 7) is 0. The number of anilines is 1. The smallest absolute Gasteiger partial charge is 0.345 e. The number of carbonyl (C=O) groups is 1. The topological polar surface area (TPSA) is 81.5 Å². The molecule has 6 rings (SSSR count). The van der Waals surface area contributed by atoms with Crippen LogP contribution in [0.15, 0.2) is 97.1 Å². The molecule has 1 aliphatic heterocycles. The third kappa shape index (κ3) is 3.73. The van der Waals surface area contributed by atoms with Crippen LogP contribution in [-0.4, -0.2) is 10.9 Å². The van der Waals surface area contributed by atoms with Crippen molar-refractivity contribution in [3.05, 3.63) is 124 Å². The first-order valence-corrected chi connectivity index (χ1v) is 11.6. The Labute approximate surface area is 202 Å². The van der Waals surface area contributed by atoms with Gasteiger partial charge >= 0.3 is 5.97 Å². The predicted octanol–water partition coefficient (Wildman–Crippen LogP) is 6.79. The lowest BCUT2D eigenvalue weighted by Gasteiger charge is -2.38. The van der Waals surface area contributed by atoms with Crippen molar-refractivity contribution in [1.29, 1.82) is 0 Å². The molecule has 0 radical (unpaired) electrons. The Morgan fingerprint density at radius 2 is 1.77 bits per heavy atom. The van der Waals surface area contributed by atoms with E-state index in [9.17, 15) is 14.9 Å². The predicted molar refractivity (Wildman–Crippen MR) is 135 cm³/mol. The number of nitrogens with zero attached hydrogens (tertiary/aromatic N) is 1. The SMILES string of the molecule is O=C(Oc1ccc2ccccc2c1)c1cccc2c1N[C@H](c1cccc([N+](=O)[O-])c1)[C@H]1CC=C[C@H]21. The molecule has 172 valence electrons. The largest absolute Gasteiger partial charge is 0.423 e. The fourth-order valence-electron chi connectivity index (χ4n) is 5.35. The number of allylic oxidation sites excluding steroid dienone is 2. The highest BCUT2D eigenvalue weighted by Gasteiger charge is 2.39. The summed E-state index contributed by atoms with van der Waals surface area (Å²) in [5.74, 6) is 0.360. The minimum Gasteiger partial charge on any atom is -0.423 e. The van der Waals surface area contributed by atoms with Crippen molar-refractivity contribution in [3.8, 4) is 5.75 Å². The summed E-state index contributed by atoms with van der Waals surface area (Å²) in [7, 11) is 0. The number of benzene rings is 4. The number of nitro benzene ring substituents is 1. The zero-order chi connectivity index (χ0) is 23.9. The van der Waals surface area contributed by atoms with Gasteiger partial charge in [0, 0.05) is 18.1 Å². The number of hydrogen-bond acceptors (Lipinski definition) is 5. The van der Waals surface area contributed by atoms with Crippen LogP contribution in [0, 0.1) is 16.0 Å². The first kappa shape index (κ1) is 21.1. The molecule has 35 heavy (non-hydrogen) atoms. The van der Waals surface area contributed by atoms with Crippen LogP contribution in [-0.2, 0) is 0 Å². The number of nitrogens with one attached hydrogen (secondary N) is 1. The number of carbonyl (C=O) groups excluding carboxylic acids is 1. The number of fused-ring (bicyclic) bond motifs is 4. The van der Waals surface area contributed by atoms with Crippen LogP contribution >= 0.6 is 0 Å². The van der Waals surface area contributed by atoms with E-state index in [1.807, 2.05) is 54.6 Å². The molecule has 1 heterocycles. The van der Waals surface area contributed by atoms with E-state index in [1.54, 1.807) is 24.3 Å². The highest BCUT2D eigenvalue weighted by atomic mass is 16.6. The number of non-ortho nitro benzene ring substituents is 1. The van der Waals surface area contributed by atoms with Crippen molar-refractivity contribution in [2.24, 2.45) is 5.92 Å². The van der Waals surface area contributed by atoms with Gasteiger partial charge in [-0.25, -0.2) is 4.79 Å². The average Bonchev–Trinajstić information content (AvgIpc) is 3.38. The summed E-state index contributed by atoms with van der Waals surface area (Å²) in [5.41, 5.74) is 3.11. The zero-order valence-corrected chi connectivity index (χ0v) is 18.8. The molecule has 0 amide bonds. The van der Waals surface area contributed by atoms with Gasteiger partial charge in [-0.2, -0.15) is 0 Å². The zero-order valence-electron chi connectivity index (χ0n) is 18.8. The maximum Gasteiger partial charge on any atom is 0.345 e. The minimum atomic E-state index is -0.442. The molecule has 0 aromatic heterocycles. The standard InChI is InChI=1S/C29H22N2O4/c32-29(35-22-15-14-18-6-1-2-7-19(18)17-22)26-13-5-12-25-23-10-4-11-24(23)27(30-28(25)26)20-8-3-9-21(16-20)31(33)34/h1-10,12-17,23-24,27,30H,11H2/t23-,24-,27+/m0/s1. The van der Waals surface area contributed by atoms with Crippen molar-refractivity contribution in [1.82, 2.24) is 0 Å². The molecule has 0 bridgehead atoms. The summed E-state index contributed by atoms with van der Waals surface area (Å²) in [4.78, 5) is 24.3. The molecule has 0 spiro atoms. The summed E-state index contributed by atoms with van der Waals surface area (Å²) in [5, 5.41) is 17.0. The van der Waals surface area contributed by atoms with E-state index in [0.29, 0.717) is 11.3 Å². The second-order valence-electron chi connectivity index (χ2n) is 9.00. The number of hydrogen-bond donors (Lipinski definition) is 1. The Balaban J connectivity index is 1.36. The molecular weight excluding hydrogens is 440 g/mol. The molecule has 1 N–H and O–H groups in total. The number of nitro groups is 1. The van der Waals surface area contributed by atoms with Crippen LogP contribution in [0.1, 0.15) is 39.9 Å². The number of para-hydroxylation sites is 1. The Kier molecular flexibility index (Phi) is 5.07. The van der Waals surface area contributed by atoms with E-state index in [0.717, 1.165) is 34.0 Å². The van der Waals surface area contributed by atoms with Gasteiger partial charge in [-0.05, 0) is 52.4 Å². The van der Waals surface area contributed by atoms with Crippen LogP contribution in [0.5, 0.6) is 5.75 Å². The van der Waals surface area contributed by atoms with Gasteiger partial charge in [-0.15, -0.1) is 0 Å². The maximum absolute atomic E-state index is 13.3. The number of ether oxygens (including phenoxy) is 1. The molecule has 2 aliphatic rings. The van der Waals surface area contributed by atoms with Crippen molar-refractivity contribution < 1.29 is 14.5 Å². The Morgan fingerprint density at radius 1 is 0.943 bits per heavy atom. The third-order valence-corrected chi connectivity index (χ3v) is 6.99. The number of rotatable bonds is 4. The normalized spacial score (nSPS) is 20.1. The third-order valence-electron chi connectivity index (χ3n) is 6.99. The molecule has 0 saturated carbocycles. The van der Waals surface area contributed by atoms with E-state index >= 15 is 0 Å². The molecular formula is C29H22N2O4. The van der Waals surface area contributed by atoms with Crippen LogP contribution < -0.4 is 10.1 Å². The van der Waals surface area contributed by atoms with Crippen LogP contribution in [0.25, 0.3) is 10.8 Å². The molecule has 0 saturated heterocycles. The minimum absolute atomic E-state index is 0.0570. The highest BCUT2D eigenvalue weighted by Crippen LogP contribution is 2.51. The van der Waals surface area contributed by atoms with Crippen molar-refractivity contribution >= 4 is 28.1 Å². The van der Waals surface area contributed by atoms with E-state index in [2.05, 4.69) is 17.5 Å². The van der Waals surface area contributed by atoms with Crippen molar-refractivity contribution in [2.75, 3.05) is 5.32 Å². The first-order valence-electron chi connectivity index (χ1n) is 11.6. The van der Waals surface area contributed by atoms with Crippen molar-refractivity contribution in [3.63, 3.8) is 0 Å². The molecule has 0 unspecified atom stereocenters. The quantitative estimate of drug-likeness (QED) is 0.119. The molecule has 1 aliphatic carbocycles. The van der Waals surface area contributed by atoms with Gasteiger partial charge in [0.15, 0.2) is 0 Å². The molecule has 6 heteroatoms. The van der Waals surface area contributed by atoms with Gasteiger partial charge in [0.05, 0.1) is 22.2 Å². The number of esters is 1. The van der Waals surface area contributed by atoms with Crippen LogP contribution in [0.2, 0.25) is 0 Å². The Morgan fingerprint density at radius 3 is 2.63 bits per heavy atom. The van der Waals surface area contributed by atoms with Gasteiger partial charge in [-0.1, -0.05) is 66.7 Å². The van der Waals surface area contributed by atoms with Crippen LogP contribution in [0.3, 0.4) is 0 Å². The summed E-state index contributed by atoms with van der Waals surface area (Å²) >= 11 is 0. The molecule has 3 atom stereocenters. The summed E-state index contributed by atoms with van der Waals surface area (Å²) in [6.07, 6.45) is 5.18. The van der Waals surface area contributed by atoms with Crippen LogP contribution in [0.4, 0.5) is 11.4 Å². The van der Waals surface area contributed by atoms with E-state index < -0.39 is 5.97 Å². The van der Waals surface area contributed by atoms with Gasteiger partial charge in [0.2, 0.25) is 0 Å². The lowest BCUT2D eigenvalue weighted by Crippen LogP contribution is -2.30. The van der Waals surface area contributed by atoms with Gasteiger partial charge < -0.3 is 10.1 Å². The van der Waals surface area contributed by atoms with Gasteiger partial charge in [-0.3, -0.25) is 10.1 Å². The molecule has 6 nitrogen and oxygen atoms in total. The van der Waals surface area contributed by atoms with E-state index in [-0.39, 0.29) is 28.5 Å². The Bertz CT molecular complexity index is 1510. The average molecular weight is 463 g/mol. The fraction of sp³-hybridized carbons (Fsp3) is 0.138. The van der Waals surface area contributed by atoms with E-state index in [4.69, 9.17) is 4.74 Å². The monoisotopic (exact) mass is 462 g/mol. The molecule has 0 fully saturated rings. The first-order chi connectivity index (χ1) is 17.1. The van der Waals surface area contributed by atoms with E-state index in [1.165, 1.54) is 6.07 Å². The second-order valence-corrected chi connectivity index (χ2v) is 9.00. The van der Waals surface area contributed by atoms with Gasteiger partial charge in [0.1, 0.15) is 5.75 Å². The fourth-order valence-corrected chi connectivity index (χ4v) is 5.35. The Hall–Kier alpha value is -4.45. The van der Waals surface area contributed by atoms with Crippen molar-refractivity contribution in [2.45, 2.75) is 18.4 Å². The highest BCUT2D eigenvalue weighted by molar-refractivity contribution is 5.98. The second kappa shape index (κ2) is 8.40. The maximum atomic E-state index is 13.3. The summed E-state index contributed by atoms with van der Waals surface area (Å²) < 4.78 is 5.79. The molecule has 4 aromatic rings. The van der Waals surface area contributed by atoms with Gasteiger partial charge in [0.25, 0.3) is 5.69 Å². The summed E-state index contributed by atoms with van der Waals surface area (Å²) in [6, 6.07) is 25.7.